The summed E-state index contributed by atoms with van der Waals surface area (Å²) in [5.74, 6) is 0.956. The third-order valence-electron chi connectivity index (χ3n) is 7.88. The predicted molar refractivity (Wildman–Crippen MR) is 128 cm³/mol. The number of hydrogen-bond donors (Lipinski definition) is 1. The number of rotatable bonds is 3. The summed E-state index contributed by atoms with van der Waals surface area (Å²) in [7, 11) is 0. The normalized spacial score (nSPS) is 28.8. The van der Waals surface area contributed by atoms with Gasteiger partial charge in [-0.15, -0.1) is 0 Å². The van der Waals surface area contributed by atoms with E-state index in [1.165, 1.54) is 32.1 Å². The summed E-state index contributed by atoms with van der Waals surface area (Å²) in [6.07, 6.45) is 10.9. The number of halogens is 1. The molecule has 33 heavy (non-hydrogen) atoms. The van der Waals surface area contributed by atoms with Gasteiger partial charge in [-0.3, -0.25) is 9.98 Å². The average molecular weight is 454 g/mol. The van der Waals surface area contributed by atoms with Crippen LogP contribution in [0.3, 0.4) is 0 Å². The van der Waals surface area contributed by atoms with Crippen LogP contribution in [0.1, 0.15) is 51.5 Å². The third kappa shape index (κ3) is 3.45. The summed E-state index contributed by atoms with van der Waals surface area (Å²) in [6.45, 7) is 6.00. The molecule has 0 radical (unpaired) electrons. The van der Waals surface area contributed by atoms with Crippen molar-refractivity contribution in [3.05, 3.63) is 17.4 Å². The lowest BCUT2D eigenvalue weighted by Crippen LogP contribution is -2.65. The Morgan fingerprint density at radius 3 is 2.76 bits per heavy atom. The Morgan fingerprint density at radius 1 is 1.18 bits per heavy atom. The molecule has 0 bridgehead atoms. The Kier molecular flexibility index (Phi) is 5.16. The van der Waals surface area contributed by atoms with Gasteiger partial charge < -0.3 is 19.5 Å². The van der Waals surface area contributed by atoms with E-state index in [2.05, 4.69) is 38.3 Å². The molecule has 1 saturated heterocycles. The van der Waals surface area contributed by atoms with Crippen LogP contribution >= 0.6 is 0 Å². The van der Waals surface area contributed by atoms with Gasteiger partial charge in [0.1, 0.15) is 6.67 Å². The molecular weight excluding hydrogens is 421 g/mol. The highest BCUT2D eigenvalue weighted by molar-refractivity contribution is 5.97. The molecule has 3 atom stereocenters. The van der Waals surface area contributed by atoms with Gasteiger partial charge in [-0.2, -0.15) is 0 Å². The van der Waals surface area contributed by atoms with Gasteiger partial charge in [-0.25, -0.2) is 4.39 Å². The minimum absolute atomic E-state index is 0.00531. The van der Waals surface area contributed by atoms with Crippen LogP contribution in [0.25, 0.3) is 11.0 Å². The molecule has 7 nitrogen and oxygen atoms in total. The van der Waals surface area contributed by atoms with E-state index >= 15 is 4.39 Å². The maximum Gasteiger partial charge on any atom is 0.206 e. The Morgan fingerprint density at radius 2 is 1.97 bits per heavy atom. The number of anilines is 2. The van der Waals surface area contributed by atoms with Gasteiger partial charge in [0.2, 0.25) is 5.58 Å². The number of hydrogen-bond acceptors (Lipinski definition) is 7. The van der Waals surface area contributed by atoms with Gasteiger partial charge in [-0.05, 0) is 50.7 Å². The van der Waals surface area contributed by atoms with Gasteiger partial charge in [0.05, 0.1) is 34.7 Å². The standard InChI is InChI=1S/C25H32FN5O2/c1-15-11-31-21-18(9-25(12-27-14-28-13-25)23(31)16(2)32-15)8-19-22(20(21)26)33-30-24(19)29-10-17-6-4-3-5-7-17/h8,12-13,15-17,23H,3-7,9-11,14H2,1-2H3,(H,29,30)/t15-,16+,23-/m1/s1. The number of benzene rings is 1. The Bertz CT molecular complexity index is 1090. The molecule has 0 unspecified atom stereocenters. The van der Waals surface area contributed by atoms with E-state index in [0.29, 0.717) is 37.1 Å². The lowest BCUT2D eigenvalue weighted by atomic mass is 9.69. The molecule has 1 N–H and O–H groups in total. The van der Waals surface area contributed by atoms with E-state index in [1.54, 1.807) is 0 Å². The molecule has 2 aromatic rings. The molecule has 6 rings (SSSR count). The van der Waals surface area contributed by atoms with E-state index in [4.69, 9.17) is 9.26 Å². The van der Waals surface area contributed by atoms with Crippen molar-refractivity contribution in [1.82, 2.24) is 5.16 Å². The highest BCUT2D eigenvalue weighted by atomic mass is 19.1. The maximum atomic E-state index is 16.0. The van der Waals surface area contributed by atoms with E-state index in [1.807, 2.05) is 19.4 Å². The zero-order chi connectivity index (χ0) is 22.6. The fourth-order valence-electron chi connectivity index (χ4n) is 6.55. The fourth-order valence-corrected chi connectivity index (χ4v) is 6.55. The van der Waals surface area contributed by atoms with Crippen molar-refractivity contribution >= 4 is 34.9 Å². The maximum absolute atomic E-state index is 16.0. The quantitative estimate of drug-likeness (QED) is 0.735. The van der Waals surface area contributed by atoms with Crippen molar-refractivity contribution in [2.45, 2.75) is 70.6 Å². The highest BCUT2D eigenvalue weighted by Crippen LogP contribution is 2.47. The number of morpholine rings is 1. The minimum atomic E-state index is -0.419. The van der Waals surface area contributed by atoms with Crippen LogP contribution in [0.15, 0.2) is 20.6 Å². The van der Waals surface area contributed by atoms with E-state index in [0.717, 1.165) is 17.5 Å². The van der Waals surface area contributed by atoms with Crippen molar-refractivity contribution in [3.63, 3.8) is 0 Å². The molecule has 1 saturated carbocycles. The molecule has 0 amide bonds. The van der Waals surface area contributed by atoms with Crippen LogP contribution in [0.5, 0.6) is 0 Å². The lowest BCUT2D eigenvalue weighted by molar-refractivity contribution is -0.0432. The van der Waals surface area contributed by atoms with Crippen molar-refractivity contribution in [3.8, 4) is 0 Å². The first kappa shape index (κ1) is 21.1. The smallest absolute Gasteiger partial charge is 0.206 e. The zero-order valence-electron chi connectivity index (χ0n) is 19.4. The van der Waals surface area contributed by atoms with Gasteiger partial charge in [0.25, 0.3) is 0 Å². The van der Waals surface area contributed by atoms with Gasteiger partial charge >= 0.3 is 0 Å². The van der Waals surface area contributed by atoms with E-state index in [9.17, 15) is 0 Å². The van der Waals surface area contributed by atoms with Crippen molar-refractivity contribution < 1.29 is 13.7 Å². The van der Waals surface area contributed by atoms with Crippen LogP contribution in [0.4, 0.5) is 15.9 Å². The molecule has 1 aromatic heterocycles. The van der Waals surface area contributed by atoms with Crippen LogP contribution in [0.2, 0.25) is 0 Å². The first-order valence-corrected chi connectivity index (χ1v) is 12.3. The number of ether oxygens (including phenoxy) is 1. The summed E-state index contributed by atoms with van der Waals surface area (Å²) in [4.78, 5) is 11.2. The Balaban J connectivity index is 1.41. The van der Waals surface area contributed by atoms with Crippen molar-refractivity contribution in [2.75, 3.05) is 30.0 Å². The molecule has 2 fully saturated rings. The summed E-state index contributed by atoms with van der Waals surface area (Å²) in [6, 6.07) is 1.99. The van der Waals surface area contributed by atoms with Gasteiger partial charge in [0, 0.05) is 25.5 Å². The molecule has 3 aliphatic heterocycles. The van der Waals surface area contributed by atoms with Gasteiger partial charge in [0.15, 0.2) is 11.6 Å². The second-order valence-corrected chi connectivity index (χ2v) is 10.3. The van der Waals surface area contributed by atoms with Crippen molar-refractivity contribution in [2.24, 2.45) is 21.3 Å². The topological polar surface area (TPSA) is 75.2 Å². The summed E-state index contributed by atoms with van der Waals surface area (Å²) in [5.41, 5.74) is 1.37. The second kappa shape index (κ2) is 8.08. The number of aliphatic imine (C=N–C) groups is 2. The average Bonchev–Trinajstić information content (AvgIpc) is 3.21. The van der Waals surface area contributed by atoms with Crippen LogP contribution in [-0.2, 0) is 11.2 Å². The third-order valence-corrected chi connectivity index (χ3v) is 7.88. The summed E-state index contributed by atoms with van der Waals surface area (Å²) < 4.78 is 27.8. The van der Waals surface area contributed by atoms with Crippen molar-refractivity contribution in [1.29, 1.82) is 0 Å². The summed E-state index contributed by atoms with van der Waals surface area (Å²) in [5, 5.41) is 8.40. The van der Waals surface area contributed by atoms with Gasteiger partial charge in [-0.1, -0.05) is 24.4 Å². The molecular formula is C25H32FN5O2. The van der Waals surface area contributed by atoms with E-state index < -0.39 is 5.41 Å². The Hall–Kier alpha value is -2.48. The summed E-state index contributed by atoms with van der Waals surface area (Å²) >= 11 is 0. The van der Waals surface area contributed by atoms with Crippen LogP contribution in [-0.4, -0.2) is 55.6 Å². The first-order valence-electron chi connectivity index (χ1n) is 12.3. The monoisotopic (exact) mass is 453 g/mol. The highest BCUT2D eigenvalue weighted by Gasteiger charge is 2.52. The molecule has 1 aromatic carbocycles. The molecule has 4 aliphatic rings. The number of fused-ring (bicyclic) bond motifs is 5. The predicted octanol–water partition coefficient (Wildman–Crippen LogP) is 4.60. The first-order chi connectivity index (χ1) is 16.1. The number of nitrogens with one attached hydrogen (secondary N) is 1. The SMILES string of the molecule is C[C@@H]1CN2c3c(cc4c(NCC5CCCCC5)noc4c3F)CC3(C=NCN=C3)[C@H]2[C@H](C)O1. The largest absolute Gasteiger partial charge is 0.372 e. The fraction of sp³-hybridized carbons (Fsp3) is 0.640. The van der Waals surface area contributed by atoms with Crippen LogP contribution in [0, 0.1) is 17.2 Å². The van der Waals surface area contributed by atoms with E-state index in [-0.39, 0.29) is 29.7 Å². The number of aromatic nitrogens is 1. The molecule has 4 heterocycles. The molecule has 1 aliphatic carbocycles. The zero-order valence-corrected chi connectivity index (χ0v) is 19.4. The number of nitrogens with zero attached hydrogens (tertiary/aromatic N) is 4. The molecule has 1 spiro atoms. The van der Waals surface area contributed by atoms with Crippen LogP contribution < -0.4 is 10.2 Å². The molecule has 8 heteroatoms. The Labute approximate surface area is 193 Å². The lowest BCUT2D eigenvalue weighted by Gasteiger charge is -2.54. The minimum Gasteiger partial charge on any atom is -0.372 e. The second-order valence-electron chi connectivity index (χ2n) is 10.3. The molecule has 176 valence electrons.